The molecule has 0 saturated carbocycles. The Morgan fingerprint density at radius 3 is 1.37 bits per heavy atom. The maximum atomic E-state index is 12.5. The smallest absolute Gasteiger partial charge is 0.251 e. The quantitative estimate of drug-likeness (QED) is 0.554. The lowest BCUT2D eigenvalue weighted by Crippen LogP contribution is -2.44. The van der Waals surface area contributed by atoms with Crippen LogP contribution in [0.2, 0.25) is 0 Å². The molecule has 208 valence electrons. The van der Waals surface area contributed by atoms with Crippen molar-refractivity contribution in [1.82, 2.24) is 30.2 Å². The summed E-state index contributed by atoms with van der Waals surface area (Å²) < 4.78 is 0. The highest BCUT2D eigenvalue weighted by molar-refractivity contribution is 5.94. The summed E-state index contributed by atoms with van der Waals surface area (Å²) in [4.78, 5) is 34.7. The summed E-state index contributed by atoms with van der Waals surface area (Å²) in [5.74, 6) is -0.0420. The van der Waals surface area contributed by atoms with Crippen molar-refractivity contribution in [3.63, 3.8) is 0 Å². The van der Waals surface area contributed by atoms with Crippen LogP contribution < -0.4 is 10.6 Å². The third-order valence-electron chi connectivity index (χ3n) is 7.12. The van der Waals surface area contributed by atoms with E-state index in [1.807, 2.05) is 60.7 Å². The van der Waals surface area contributed by atoms with Crippen LogP contribution in [0.1, 0.15) is 33.6 Å². The monoisotopic (exact) mass is 522 g/mol. The van der Waals surface area contributed by atoms with Crippen LogP contribution in [0.4, 0.5) is 0 Å². The van der Waals surface area contributed by atoms with Gasteiger partial charge in [-0.3, -0.25) is 9.59 Å². The van der Waals surface area contributed by atoms with E-state index in [4.69, 9.17) is 0 Å². The van der Waals surface area contributed by atoms with Crippen molar-refractivity contribution in [2.24, 2.45) is 0 Å². The largest absolute Gasteiger partial charge is 0.351 e. The minimum absolute atomic E-state index is 0.0210. The molecule has 2 aromatic rings. The Bertz CT molecular complexity index is 865. The van der Waals surface area contributed by atoms with Gasteiger partial charge in [0.15, 0.2) is 0 Å². The number of amides is 2. The Hall–Kier alpha value is -2.78. The molecule has 0 spiro atoms. The average molecular weight is 523 g/mol. The molecule has 0 atom stereocenters. The number of nitrogens with zero attached hydrogens (tertiary/aromatic N) is 4. The molecule has 3 rings (SSSR count). The van der Waals surface area contributed by atoms with Gasteiger partial charge in [-0.25, -0.2) is 0 Å². The predicted molar refractivity (Wildman–Crippen MR) is 155 cm³/mol. The number of hydrogen-bond acceptors (Lipinski definition) is 6. The highest BCUT2D eigenvalue weighted by Crippen LogP contribution is 2.02. The van der Waals surface area contributed by atoms with Crippen molar-refractivity contribution in [3.8, 4) is 0 Å². The van der Waals surface area contributed by atoms with Crippen LogP contribution in [0.5, 0.6) is 0 Å². The van der Waals surface area contributed by atoms with Gasteiger partial charge in [-0.2, -0.15) is 0 Å². The van der Waals surface area contributed by atoms with Crippen LogP contribution in [0.15, 0.2) is 60.7 Å². The van der Waals surface area contributed by atoms with E-state index in [0.29, 0.717) is 24.2 Å². The number of benzene rings is 2. The molecule has 0 unspecified atom stereocenters. The van der Waals surface area contributed by atoms with E-state index in [0.717, 1.165) is 78.3 Å². The second-order valence-corrected chi connectivity index (χ2v) is 10.2. The molecule has 2 N–H and O–H groups in total. The fraction of sp³-hybridized carbons (Fsp3) is 0.533. The van der Waals surface area contributed by atoms with Gasteiger partial charge in [0.1, 0.15) is 0 Å². The summed E-state index contributed by atoms with van der Waals surface area (Å²) >= 11 is 0. The summed E-state index contributed by atoms with van der Waals surface area (Å²) in [5.41, 5.74) is 1.40. The van der Waals surface area contributed by atoms with Gasteiger partial charge in [0.05, 0.1) is 0 Å². The Labute approximate surface area is 229 Å². The zero-order valence-corrected chi connectivity index (χ0v) is 23.3. The van der Waals surface area contributed by atoms with Gasteiger partial charge in [0.25, 0.3) is 11.8 Å². The standard InChI is InChI=1S/C30H46N6O2/c1-33-17-9-19-35(21-15-31-29(37)27-11-5-3-6-12-27)25-26-36(20-10-18-34(2)24-23-33)22-16-32-30(38)28-13-7-4-8-14-28/h3-8,11-14H,9-10,15-26H2,1-2H3,(H,31,37)(H,32,38). The first-order chi connectivity index (χ1) is 18.5. The number of hydrogen-bond donors (Lipinski definition) is 2. The summed E-state index contributed by atoms with van der Waals surface area (Å²) in [5, 5.41) is 6.16. The number of nitrogens with one attached hydrogen (secondary N) is 2. The van der Waals surface area contributed by atoms with Gasteiger partial charge in [-0.15, -0.1) is 0 Å². The van der Waals surface area contributed by atoms with Crippen LogP contribution in [-0.2, 0) is 0 Å². The van der Waals surface area contributed by atoms with Gasteiger partial charge >= 0.3 is 0 Å². The minimum atomic E-state index is -0.0210. The van der Waals surface area contributed by atoms with Gasteiger partial charge in [-0.1, -0.05) is 36.4 Å². The predicted octanol–water partition coefficient (Wildman–Crippen LogP) is 2.11. The molecule has 1 heterocycles. The van der Waals surface area contributed by atoms with Crippen LogP contribution in [0.3, 0.4) is 0 Å². The molecule has 38 heavy (non-hydrogen) atoms. The molecule has 1 saturated heterocycles. The molecule has 0 bridgehead atoms. The van der Waals surface area contributed by atoms with Crippen molar-refractivity contribution in [1.29, 1.82) is 0 Å². The van der Waals surface area contributed by atoms with E-state index >= 15 is 0 Å². The molecule has 8 heteroatoms. The van der Waals surface area contributed by atoms with E-state index in [9.17, 15) is 9.59 Å². The second-order valence-electron chi connectivity index (χ2n) is 10.2. The van der Waals surface area contributed by atoms with Crippen LogP contribution in [0.25, 0.3) is 0 Å². The van der Waals surface area contributed by atoms with Gasteiger partial charge in [0, 0.05) is 63.5 Å². The molecule has 1 aliphatic rings. The zero-order valence-electron chi connectivity index (χ0n) is 23.3. The number of carbonyl (C=O) groups is 2. The first-order valence-corrected chi connectivity index (χ1v) is 14.0. The Morgan fingerprint density at radius 2 is 0.974 bits per heavy atom. The average Bonchev–Trinajstić information content (AvgIpc) is 2.94. The van der Waals surface area contributed by atoms with E-state index < -0.39 is 0 Å². The van der Waals surface area contributed by atoms with Crippen molar-refractivity contribution >= 4 is 11.8 Å². The summed E-state index contributed by atoms with van der Waals surface area (Å²) in [7, 11) is 4.41. The van der Waals surface area contributed by atoms with Crippen LogP contribution >= 0.6 is 0 Å². The highest BCUT2D eigenvalue weighted by Gasteiger charge is 2.14. The number of likely N-dealkylation sites (N-methyl/N-ethyl adjacent to an activating group) is 2. The van der Waals surface area contributed by atoms with E-state index in [1.54, 1.807) is 0 Å². The van der Waals surface area contributed by atoms with E-state index in [1.165, 1.54) is 0 Å². The molecule has 0 aliphatic carbocycles. The number of rotatable bonds is 8. The lowest BCUT2D eigenvalue weighted by Gasteiger charge is -2.30. The molecule has 8 nitrogen and oxygen atoms in total. The zero-order chi connectivity index (χ0) is 27.0. The van der Waals surface area contributed by atoms with E-state index in [2.05, 4.69) is 44.3 Å². The molecule has 1 aliphatic heterocycles. The lowest BCUT2D eigenvalue weighted by molar-refractivity contribution is 0.0933. The fourth-order valence-electron chi connectivity index (χ4n) is 4.69. The third-order valence-corrected chi connectivity index (χ3v) is 7.12. The first-order valence-electron chi connectivity index (χ1n) is 14.0. The molecular formula is C30H46N6O2. The van der Waals surface area contributed by atoms with Crippen LogP contribution in [0, 0.1) is 0 Å². The normalized spacial score (nSPS) is 17.9. The van der Waals surface area contributed by atoms with Crippen molar-refractivity contribution < 1.29 is 9.59 Å². The van der Waals surface area contributed by atoms with Crippen molar-refractivity contribution in [2.45, 2.75) is 12.8 Å². The van der Waals surface area contributed by atoms with Gasteiger partial charge in [0.2, 0.25) is 0 Å². The molecule has 0 aromatic heterocycles. The number of carbonyl (C=O) groups excluding carboxylic acids is 2. The molecule has 2 aromatic carbocycles. The molecular weight excluding hydrogens is 476 g/mol. The lowest BCUT2D eigenvalue weighted by atomic mass is 10.2. The van der Waals surface area contributed by atoms with Crippen LogP contribution in [-0.4, -0.2) is 124 Å². The molecule has 2 amide bonds. The topological polar surface area (TPSA) is 71.2 Å². The minimum Gasteiger partial charge on any atom is -0.351 e. The Balaban J connectivity index is 1.53. The van der Waals surface area contributed by atoms with Crippen molar-refractivity contribution in [2.75, 3.05) is 92.6 Å². The van der Waals surface area contributed by atoms with Crippen molar-refractivity contribution in [3.05, 3.63) is 71.8 Å². The third kappa shape index (κ3) is 11.3. The van der Waals surface area contributed by atoms with Gasteiger partial charge in [-0.05, 0) is 77.4 Å². The highest BCUT2D eigenvalue weighted by atomic mass is 16.2. The summed E-state index contributed by atoms with van der Waals surface area (Å²) in [6, 6.07) is 18.8. The maximum Gasteiger partial charge on any atom is 0.251 e. The van der Waals surface area contributed by atoms with Gasteiger partial charge < -0.3 is 30.2 Å². The first kappa shape index (κ1) is 29.8. The Kier molecular flexibility index (Phi) is 13.3. The SMILES string of the molecule is CN1CCCN(CCNC(=O)c2ccccc2)CCN(CCNC(=O)c2ccccc2)CCCN(C)CC1. The Morgan fingerprint density at radius 1 is 0.579 bits per heavy atom. The summed E-state index contributed by atoms with van der Waals surface area (Å²) in [6.07, 6.45) is 2.19. The second kappa shape index (κ2) is 16.9. The summed E-state index contributed by atoms with van der Waals surface area (Å²) in [6.45, 7) is 11.0. The fourth-order valence-corrected chi connectivity index (χ4v) is 4.69. The molecule has 0 radical (unpaired) electrons. The van der Waals surface area contributed by atoms with E-state index in [-0.39, 0.29) is 11.8 Å². The molecule has 1 fully saturated rings. The maximum absolute atomic E-state index is 12.5.